The van der Waals surface area contributed by atoms with Gasteiger partial charge in [0.25, 0.3) is 0 Å². The van der Waals surface area contributed by atoms with Crippen LogP contribution in [-0.2, 0) is 16.0 Å². The lowest BCUT2D eigenvalue weighted by Crippen LogP contribution is -2.46. The van der Waals surface area contributed by atoms with E-state index in [1.54, 1.807) is 39.9 Å². The van der Waals surface area contributed by atoms with Gasteiger partial charge >= 0.3 is 0 Å². The smallest absolute Gasteiger partial charge is 0.159 e. The largest absolute Gasteiger partial charge is 0.504 e. The summed E-state index contributed by atoms with van der Waals surface area (Å²) in [5.41, 5.74) is 6.56. The highest BCUT2D eigenvalue weighted by molar-refractivity contribution is 5.97. The van der Waals surface area contributed by atoms with Gasteiger partial charge in [0, 0.05) is 46.4 Å². The van der Waals surface area contributed by atoms with Crippen molar-refractivity contribution in [3.63, 3.8) is 0 Å². The van der Waals surface area contributed by atoms with E-state index in [2.05, 4.69) is 28.9 Å². The average molecular weight is 449 g/mol. The molecule has 6 heteroatoms. The number of nitrogens with zero attached hydrogens (tertiary/aromatic N) is 1. The van der Waals surface area contributed by atoms with Crippen LogP contribution in [0.25, 0.3) is 22.0 Å². The van der Waals surface area contributed by atoms with E-state index in [0.29, 0.717) is 5.92 Å². The summed E-state index contributed by atoms with van der Waals surface area (Å²) in [6.07, 6.45) is 8.04. The third-order valence-corrected chi connectivity index (χ3v) is 7.60. The normalized spacial score (nSPS) is 23.3. The summed E-state index contributed by atoms with van der Waals surface area (Å²) in [6, 6.07) is 6.45. The third kappa shape index (κ3) is 3.57. The van der Waals surface area contributed by atoms with Crippen molar-refractivity contribution < 1.29 is 18.7 Å². The van der Waals surface area contributed by atoms with Gasteiger partial charge < -0.3 is 18.9 Å². The highest BCUT2D eigenvalue weighted by Crippen LogP contribution is 2.48. The lowest BCUT2D eigenvalue weighted by molar-refractivity contribution is -0.114. The van der Waals surface area contributed by atoms with E-state index < -0.39 is 0 Å². The van der Waals surface area contributed by atoms with Crippen LogP contribution in [0.3, 0.4) is 0 Å². The molecule has 0 amide bonds. The van der Waals surface area contributed by atoms with E-state index in [1.165, 1.54) is 16.6 Å². The number of furan rings is 1. The lowest BCUT2D eigenvalue weighted by Gasteiger charge is -2.46. The third-order valence-electron chi connectivity index (χ3n) is 7.60. The molecule has 33 heavy (non-hydrogen) atoms. The number of aromatic amines is 1. The Kier molecular flexibility index (Phi) is 5.79. The molecule has 0 spiro atoms. The number of methoxy groups -OCH3 is 2. The fourth-order valence-electron chi connectivity index (χ4n) is 6.04. The van der Waals surface area contributed by atoms with Gasteiger partial charge in [0.15, 0.2) is 5.78 Å². The first kappa shape index (κ1) is 21.8. The van der Waals surface area contributed by atoms with Crippen molar-refractivity contribution in [2.24, 2.45) is 11.8 Å². The molecular formula is C27H32N2O4. The van der Waals surface area contributed by atoms with E-state index in [-0.39, 0.29) is 17.7 Å². The predicted molar refractivity (Wildman–Crippen MR) is 128 cm³/mol. The summed E-state index contributed by atoms with van der Waals surface area (Å²) in [4.78, 5) is 18.8. The van der Waals surface area contributed by atoms with Crippen molar-refractivity contribution in [1.82, 2.24) is 9.88 Å². The number of nitrogens with one attached hydrogen (secondary N) is 1. The number of allylic oxidation sites excluding steroid dienone is 1. The predicted octanol–water partition coefficient (Wildman–Crippen LogP) is 5.50. The molecule has 4 heterocycles. The van der Waals surface area contributed by atoms with Gasteiger partial charge in [0.1, 0.15) is 5.75 Å². The van der Waals surface area contributed by atoms with Crippen LogP contribution in [0.5, 0.6) is 5.75 Å². The van der Waals surface area contributed by atoms with E-state index in [1.807, 2.05) is 6.07 Å². The SMILES string of the molecule is CC[C@@H]1CN2CCc3c([nH]c4ccc(-c5ccoc5)c(OC)c34)[C@@H]2C[C@@H]1/C(=C\OC)C(C)=O. The van der Waals surface area contributed by atoms with E-state index in [0.717, 1.165) is 60.3 Å². The maximum Gasteiger partial charge on any atom is 0.159 e. The molecular weight excluding hydrogens is 416 g/mol. The molecule has 1 fully saturated rings. The molecule has 3 atom stereocenters. The molecule has 2 aromatic heterocycles. The number of hydrogen-bond donors (Lipinski definition) is 1. The molecule has 1 saturated heterocycles. The zero-order valence-electron chi connectivity index (χ0n) is 19.8. The monoisotopic (exact) mass is 448 g/mol. The number of ketones is 1. The Labute approximate surface area is 194 Å². The summed E-state index contributed by atoms with van der Waals surface area (Å²) < 4.78 is 16.6. The molecule has 6 nitrogen and oxygen atoms in total. The van der Waals surface area contributed by atoms with Crippen LogP contribution in [0.1, 0.15) is 44.0 Å². The standard InChI is InChI=1S/C27H32N2O4/c1-5-17-13-29-10-8-20-25-23(7-6-19(27(25)32-4)18-9-11-33-14-18)28-26(20)24(29)12-21(17)22(15-31-3)16(2)30/h6-7,9,11,14-15,17,21,24,28H,5,8,10,12-13H2,1-4H3/b22-15-/t17-,21+,24+/m1/s1. The van der Waals surface area contributed by atoms with Crippen LogP contribution in [0, 0.1) is 11.8 Å². The molecule has 0 bridgehead atoms. The van der Waals surface area contributed by atoms with Crippen LogP contribution in [0.15, 0.2) is 47.0 Å². The molecule has 0 unspecified atom stereocenters. The second-order valence-electron chi connectivity index (χ2n) is 9.23. The number of benzene rings is 1. The van der Waals surface area contributed by atoms with E-state index in [9.17, 15) is 4.79 Å². The molecule has 3 aromatic rings. The van der Waals surface area contributed by atoms with E-state index in [4.69, 9.17) is 13.9 Å². The van der Waals surface area contributed by atoms with E-state index >= 15 is 0 Å². The number of fused-ring (bicyclic) bond motifs is 5. The number of carbonyl (C=O) groups excluding carboxylic acids is 1. The molecule has 1 N–H and O–H groups in total. The number of rotatable bonds is 6. The Hall–Kier alpha value is -2.99. The van der Waals surface area contributed by atoms with Gasteiger partial charge in [-0.05, 0) is 55.4 Å². The minimum absolute atomic E-state index is 0.104. The lowest BCUT2D eigenvalue weighted by atomic mass is 9.73. The number of piperidine rings is 1. The van der Waals surface area contributed by atoms with Gasteiger partial charge in [0.05, 0.1) is 39.0 Å². The van der Waals surface area contributed by atoms with Gasteiger partial charge in [-0.25, -0.2) is 0 Å². The van der Waals surface area contributed by atoms with Crippen molar-refractivity contribution in [2.45, 2.75) is 39.2 Å². The van der Waals surface area contributed by atoms with Crippen molar-refractivity contribution in [3.05, 3.63) is 53.8 Å². The topological polar surface area (TPSA) is 67.7 Å². The van der Waals surface area contributed by atoms with Crippen LogP contribution >= 0.6 is 0 Å². The summed E-state index contributed by atoms with van der Waals surface area (Å²) in [7, 11) is 3.36. The zero-order valence-corrected chi connectivity index (χ0v) is 19.8. The number of H-pyrrole nitrogens is 1. The Morgan fingerprint density at radius 3 is 2.82 bits per heavy atom. The van der Waals surface area contributed by atoms with Crippen LogP contribution in [-0.4, -0.2) is 43.0 Å². The molecule has 0 radical (unpaired) electrons. The van der Waals surface area contributed by atoms with Crippen LogP contribution in [0.4, 0.5) is 0 Å². The van der Waals surface area contributed by atoms with Gasteiger partial charge in [-0.3, -0.25) is 9.69 Å². The first-order valence-corrected chi connectivity index (χ1v) is 11.8. The number of ether oxygens (including phenoxy) is 2. The van der Waals surface area contributed by atoms with Crippen LogP contribution < -0.4 is 4.74 Å². The number of Topliss-reactive ketones (excluding diaryl/α,β-unsaturated/α-hetero) is 1. The Morgan fingerprint density at radius 2 is 2.15 bits per heavy atom. The minimum Gasteiger partial charge on any atom is -0.504 e. The fraction of sp³-hybridized carbons (Fsp3) is 0.444. The molecule has 174 valence electrons. The zero-order chi connectivity index (χ0) is 23.1. The average Bonchev–Trinajstić information content (AvgIpc) is 3.49. The molecule has 0 saturated carbocycles. The summed E-state index contributed by atoms with van der Waals surface area (Å²) >= 11 is 0. The van der Waals surface area contributed by atoms with Gasteiger partial charge in [-0.15, -0.1) is 0 Å². The molecule has 5 rings (SSSR count). The summed E-state index contributed by atoms with van der Waals surface area (Å²) in [5.74, 6) is 1.63. The molecule has 0 aliphatic carbocycles. The second-order valence-corrected chi connectivity index (χ2v) is 9.23. The van der Waals surface area contributed by atoms with Crippen molar-refractivity contribution in [3.8, 4) is 16.9 Å². The Balaban J connectivity index is 1.60. The first-order chi connectivity index (χ1) is 16.1. The molecule has 2 aliphatic rings. The molecule has 2 aliphatic heterocycles. The van der Waals surface area contributed by atoms with Gasteiger partial charge in [0.2, 0.25) is 0 Å². The van der Waals surface area contributed by atoms with Crippen molar-refractivity contribution in [2.75, 3.05) is 27.3 Å². The number of hydrogen-bond acceptors (Lipinski definition) is 5. The fourth-order valence-corrected chi connectivity index (χ4v) is 6.04. The first-order valence-electron chi connectivity index (χ1n) is 11.8. The Morgan fingerprint density at radius 1 is 1.30 bits per heavy atom. The van der Waals surface area contributed by atoms with Crippen molar-refractivity contribution in [1.29, 1.82) is 0 Å². The quantitative estimate of drug-likeness (QED) is 0.398. The number of carbonyl (C=O) groups is 1. The van der Waals surface area contributed by atoms with Crippen LogP contribution in [0.2, 0.25) is 0 Å². The maximum atomic E-state index is 12.5. The maximum absolute atomic E-state index is 12.5. The van der Waals surface area contributed by atoms with Crippen molar-refractivity contribution >= 4 is 16.7 Å². The summed E-state index contributed by atoms with van der Waals surface area (Å²) in [5, 5.41) is 1.17. The Bertz CT molecular complexity index is 1190. The van der Waals surface area contributed by atoms with Gasteiger partial charge in [-0.2, -0.15) is 0 Å². The summed E-state index contributed by atoms with van der Waals surface area (Å²) in [6.45, 7) is 5.88. The number of aromatic nitrogens is 1. The highest BCUT2D eigenvalue weighted by Gasteiger charge is 2.42. The minimum atomic E-state index is 0.104. The second kappa shape index (κ2) is 8.75. The highest BCUT2D eigenvalue weighted by atomic mass is 16.5. The molecule has 1 aromatic carbocycles. The van der Waals surface area contributed by atoms with Gasteiger partial charge in [-0.1, -0.05) is 13.3 Å².